The van der Waals surface area contributed by atoms with Crippen LogP contribution in [0.15, 0.2) is 60.7 Å². The second-order valence-corrected chi connectivity index (χ2v) is 6.08. The summed E-state index contributed by atoms with van der Waals surface area (Å²) in [6.07, 6.45) is 0.878. The Balaban J connectivity index is 1.59. The third kappa shape index (κ3) is 3.78. The molecule has 2 aromatic heterocycles. The summed E-state index contributed by atoms with van der Waals surface area (Å²) in [7, 11) is 1.70. The highest BCUT2D eigenvalue weighted by molar-refractivity contribution is 5.61. The van der Waals surface area contributed by atoms with E-state index in [1.54, 1.807) is 23.8 Å². The summed E-state index contributed by atoms with van der Waals surface area (Å²) in [5, 5.41) is 16.1. The molecule has 2 heterocycles. The van der Waals surface area contributed by atoms with Gasteiger partial charge in [0.1, 0.15) is 5.82 Å². The number of fused-ring (bicyclic) bond motifs is 1. The van der Waals surface area contributed by atoms with Crippen LogP contribution >= 0.6 is 0 Å². The normalized spacial score (nSPS) is 11.0. The number of benzene rings is 2. The summed E-state index contributed by atoms with van der Waals surface area (Å²) in [5.74, 6) is 0.927. The van der Waals surface area contributed by atoms with E-state index in [1.807, 2.05) is 24.3 Å². The molecule has 0 aliphatic heterocycles. The highest BCUT2D eigenvalue weighted by atomic mass is 19.1. The predicted molar refractivity (Wildman–Crippen MR) is 101 cm³/mol. The number of hydrogen-bond donors (Lipinski definition) is 1. The number of methoxy groups -OCH3 is 1. The molecule has 0 radical (unpaired) electrons. The van der Waals surface area contributed by atoms with E-state index in [1.165, 1.54) is 17.7 Å². The van der Waals surface area contributed by atoms with E-state index in [0.29, 0.717) is 23.9 Å². The summed E-state index contributed by atoms with van der Waals surface area (Å²) >= 11 is 0. The number of rotatable bonds is 6. The first-order valence-corrected chi connectivity index (χ1v) is 8.56. The fourth-order valence-electron chi connectivity index (χ4n) is 2.76. The van der Waals surface area contributed by atoms with Crippen LogP contribution in [-0.4, -0.2) is 33.5 Å². The molecule has 136 valence electrons. The Labute approximate surface area is 155 Å². The zero-order valence-corrected chi connectivity index (χ0v) is 14.8. The predicted octanol–water partition coefficient (Wildman–Crippen LogP) is 3.86. The molecule has 7 heteroatoms. The number of nitrogens with zero attached hydrogens (tertiary/aromatic N) is 4. The molecule has 0 saturated carbocycles. The van der Waals surface area contributed by atoms with Crippen LogP contribution in [0.25, 0.3) is 17.0 Å². The molecule has 2 aromatic carbocycles. The number of hydrogen-bond acceptors (Lipinski definition) is 5. The minimum atomic E-state index is -0.295. The first-order valence-electron chi connectivity index (χ1n) is 8.56. The van der Waals surface area contributed by atoms with Crippen molar-refractivity contribution in [1.82, 2.24) is 19.8 Å². The minimum absolute atomic E-state index is 0.295. The van der Waals surface area contributed by atoms with Crippen molar-refractivity contribution in [3.63, 3.8) is 0 Å². The minimum Gasteiger partial charge on any atom is -0.384 e. The van der Waals surface area contributed by atoms with Gasteiger partial charge in [0.15, 0.2) is 17.3 Å². The zero-order valence-electron chi connectivity index (χ0n) is 14.8. The Morgan fingerprint density at radius 2 is 1.74 bits per heavy atom. The smallest absolute Gasteiger partial charge is 0.185 e. The van der Waals surface area contributed by atoms with Gasteiger partial charge in [-0.15, -0.1) is 15.3 Å². The molecule has 4 rings (SSSR count). The Kier molecular flexibility index (Phi) is 4.76. The third-order valence-electron chi connectivity index (χ3n) is 4.19. The van der Waals surface area contributed by atoms with Crippen molar-refractivity contribution in [2.24, 2.45) is 0 Å². The molecule has 0 fully saturated rings. The Morgan fingerprint density at radius 1 is 0.963 bits per heavy atom. The maximum Gasteiger partial charge on any atom is 0.185 e. The highest BCUT2D eigenvalue weighted by Gasteiger charge is 2.10. The molecule has 1 N–H and O–H groups in total. The second kappa shape index (κ2) is 7.51. The molecule has 6 nitrogen and oxygen atoms in total. The molecule has 0 atom stereocenters. The van der Waals surface area contributed by atoms with Crippen LogP contribution < -0.4 is 5.32 Å². The Bertz CT molecular complexity index is 1040. The summed E-state index contributed by atoms with van der Waals surface area (Å²) in [6, 6.07) is 17.9. The van der Waals surface area contributed by atoms with Gasteiger partial charge >= 0.3 is 0 Å². The topological polar surface area (TPSA) is 64.3 Å². The van der Waals surface area contributed by atoms with E-state index in [0.717, 1.165) is 17.7 Å². The Morgan fingerprint density at radius 3 is 2.48 bits per heavy atom. The van der Waals surface area contributed by atoms with E-state index in [2.05, 4.69) is 32.7 Å². The maximum atomic E-state index is 13.2. The van der Waals surface area contributed by atoms with Crippen LogP contribution in [0.2, 0.25) is 0 Å². The van der Waals surface area contributed by atoms with Crippen molar-refractivity contribution in [3.8, 4) is 11.4 Å². The van der Waals surface area contributed by atoms with Crippen molar-refractivity contribution in [2.75, 3.05) is 19.0 Å². The lowest BCUT2D eigenvalue weighted by Crippen LogP contribution is -2.01. The molecular weight excluding hydrogens is 345 g/mol. The molecule has 0 unspecified atom stereocenters. The van der Waals surface area contributed by atoms with Gasteiger partial charge in [-0.3, -0.25) is 0 Å². The standard InChI is InChI=1S/C20H18FN5O/c1-27-13-12-14-2-8-17(9-3-14)22-18-10-11-19-23-24-20(26(19)25-18)15-4-6-16(21)7-5-15/h2-11H,12-13H2,1H3,(H,22,25). The summed E-state index contributed by atoms with van der Waals surface area (Å²) in [5.41, 5.74) is 3.51. The van der Waals surface area contributed by atoms with E-state index >= 15 is 0 Å². The number of nitrogens with one attached hydrogen (secondary N) is 1. The largest absolute Gasteiger partial charge is 0.384 e. The Hall–Kier alpha value is -3.32. The fraction of sp³-hybridized carbons (Fsp3) is 0.150. The summed E-state index contributed by atoms with van der Waals surface area (Å²) in [4.78, 5) is 0. The van der Waals surface area contributed by atoms with Gasteiger partial charge in [0.2, 0.25) is 0 Å². The lowest BCUT2D eigenvalue weighted by atomic mass is 10.1. The highest BCUT2D eigenvalue weighted by Crippen LogP contribution is 2.20. The molecule has 0 aliphatic rings. The number of aromatic nitrogens is 4. The van der Waals surface area contributed by atoms with E-state index < -0.39 is 0 Å². The first-order chi connectivity index (χ1) is 13.2. The average Bonchev–Trinajstić information content (AvgIpc) is 3.11. The fourth-order valence-corrected chi connectivity index (χ4v) is 2.76. The van der Waals surface area contributed by atoms with Crippen molar-refractivity contribution in [3.05, 3.63) is 72.0 Å². The van der Waals surface area contributed by atoms with Gasteiger partial charge in [0.05, 0.1) is 6.61 Å². The molecular formula is C20H18FN5O. The zero-order chi connectivity index (χ0) is 18.6. The van der Waals surface area contributed by atoms with Crippen molar-refractivity contribution >= 4 is 17.2 Å². The van der Waals surface area contributed by atoms with Gasteiger partial charge in [0, 0.05) is 18.4 Å². The van der Waals surface area contributed by atoms with Gasteiger partial charge in [0.25, 0.3) is 0 Å². The van der Waals surface area contributed by atoms with Crippen LogP contribution in [0.5, 0.6) is 0 Å². The quantitative estimate of drug-likeness (QED) is 0.563. The second-order valence-electron chi connectivity index (χ2n) is 6.08. The molecule has 0 bridgehead atoms. The molecule has 4 aromatic rings. The monoisotopic (exact) mass is 363 g/mol. The first kappa shape index (κ1) is 17.1. The average molecular weight is 363 g/mol. The SMILES string of the molecule is COCCc1ccc(Nc2ccc3nnc(-c4ccc(F)cc4)n3n2)cc1. The van der Waals surface area contributed by atoms with Crippen LogP contribution in [0.3, 0.4) is 0 Å². The van der Waals surface area contributed by atoms with Crippen LogP contribution in [0.4, 0.5) is 15.9 Å². The molecule has 0 spiro atoms. The van der Waals surface area contributed by atoms with E-state index in [-0.39, 0.29) is 5.82 Å². The number of halogens is 1. The summed E-state index contributed by atoms with van der Waals surface area (Å²) in [6.45, 7) is 0.699. The number of ether oxygens (including phenoxy) is 1. The molecule has 0 aliphatic carbocycles. The van der Waals surface area contributed by atoms with Crippen molar-refractivity contribution < 1.29 is 9.13 Å². The molecule has 27 heavy (non-hydrogen) atoms. The van der Waals surface area contributed by atoms with E-state index in [9.17, 15) is 4.39 Å². The van der Waals surface area contributed by atoms with Gasteiger partial charge in [-0.05, 0) is 60.5 Å². The third-order valence-corrected chi connectivity index (χ3v) is 4.19. The van der Waals surface area contributed by atoms with Crippen LogP contribution in [0, 0.1) is 5.82 Å². The lowest BCUT2D eigenvalue weighted by molar-refractivity contribution is 0.202. The van der Waals surface area contributed by atoms with Crippen LogP contribution in [0.1, 0.15) is 5.56 Å². The van der Waals surface area contributed by atoms with Gasteiger partial charge in [-0.1, -0.05) is 12.1 Å². The summed E-state index contributed by atoms with van der Waals surface area (Å²) < 4.78 is 19.9. The maximum absolute atomic E-state index is 13.2. The van der Waals surface area contributed by atoms with E-state index in [4.69, 9.17) is 4.74 Å². The lowest BCUT2D eigenvalue weighted by Gasteiger charge is -2.08. The molecule has 0 saturated heterocycles. The van der Waals surface area contributed by atoms with Gasteiger partial charge in [-0.25, -0.2) is 4.39 Å². The van der Waals surface area contributed by atoms with Crippen molar-refractivity contribution in [1.29, 1.82) is 0 Å². The number of anilines is 2. The molecule has 0 amide bonds. The van der Waals surface area contributed by atoms with Crippen LogP contribution in [-0.2, 0) is 11.2 Å². The van der Waals surface area contributed by atoms with Gasteiger partial charge < -0.3 is 10.1 Å². The van der Waals surface area contributed by atoms with Crippen molar-refractivity contribution in [2.45, 2.75) is 6.42 Å². The van der Waals surface area contributed by atoms with Gasteiger partial charge in [-0.2, -0.15) is 4.52 Å².